The van der Waals surface area contributed by atoms with Crippen molar-refractivity contribution < 1.29 is 14.3 Å². The Bertz CT molecular complexity index is 1070. The molecule has 3 fully saturated rings. The molecule has 0 unspecified atom stereocenters. The summed E-state index contributed by atoms with van der Waals surface area (Å²) in [5, 5.41) is 3.46. The molecule has 10 heteroatoms. The zero-order valence-electron chi connectivity index (χ0n) is 22.6. The minimum absolute atomic E-state index is 0. The number of imidazole rings is 1. The molecule has 3 aliphatic rings. The van der Waals surface area contributed by atoms with Crippen LogP contribution in [0.1, 0.15) is 56.6 Å². The fourth-order valence-corrected chi connectivity index (χ4v) is 5.72. The predicted octanol–water partition coefficient (Wildman–Crippen LogP) is 4.01. The molecule has 1 N–H and O–H groups in total. The molecule has 0 bridgehead atoms. The van der Waals surface area contributed by atoms with Crippen molar-refractivity contribution in [3.8, 4) is 0 Å². The second kappa shape index (κ2) is 14.0. The van der Waals surface area contributed by atoms with E-state index in [4.69, 9.17) is 9.72 Å². The lowest BCUT2D eigenvalue weighted by atomic mass is 9.92. The smallest absolute Gasteiger partial charge is 0.290 e. The van der Waals surface area contributed by atoms with E-state index in [-0.39, 0.29) is 48.6 Å². The maximum absolute atomic E-state index is 14.2. The largest absolute Gasteiger partial charge is 0.378 e. The van der Waals surface area contributed by atoms with Crippen molar-refractivity contribution >= 4 is 47.7 Å². The molecule has 1 aromatic heterocycles. The number of carbonyl (C=O) groups is 2. The quantitative estimate of drug-likeness (QED) is 0.495. The van der Waals surface area contributed by atoms with E-state index in [1.807, 2.05) is 28.0 Å². The number of aromatic nitrogens is 2. The number of ether oxygens (including phenoxy) is 1. The second-order valence-electron chi connectivity index (χ2n) is 11.2. The van der Waals surface area contributed by atoms with Crippen LogP contribution in [0.15, 0.2) is 24.3 Å². The molecular formula is C28H43Cl2N5O3. The standard InChI is InChI=1S/C28H41N5O3.2ClH/c1-20(2)19-33(23-16-22(17-29-18-23)27(34)31-12-14-36-15-13-31)28(35)26-30-24-7-3-4-8-25(24)32(26)11-5-6-21-9-10-21;;/h3-4,7-8,20-23,29H,5-6,9-19H2,1-2H3;2*1H/t22-,23+;;/m1../s1. The van der Waals surface area contributed by atoms with Gasteiger partial charge in [0.15, 0.2) is 5.82 Å². The Morgan fingerprint density at radius 3 is 2.58 bits per heavy atom. The SMILES string of the molecule is CC(C)CN(C(=O)c1nc2ccccc2n1CCCC1CC1)[C@@H]1CNC[C@H](C(=O)N2CCOCC2)C1.Cl.Cl. The number of halogens is 2. The number of amides is 2. The molecule has 2 atom stereocenters. The van der Waals surface area contributed by atoms with Gasteiger partial charge in [-0.25, -0.2) is 4.98 Å². The maximum atomic E-state index is 14.2. The zero-order chi connectivity index (χ0) is 25.1. The summed E-state index contributed by atoms with van der Waals surface area (Å²) in [5.41, 5.74) is 1.90. The van der Waals surface area contributed by atoms with Crippen LogP contribution in [-0.2, 0) is 16.1 Å². The van der Waals surface area contributed by atoms with Gasteiger partial charge in [-0.2, -0.15) is 0 Å². The molecule has 1 aromatic carbocycles. The number of piperidine rings is 1. The molecular weight excluding hydrogens is 525 g/mol. The van der Waals surface area contributed by atoms with Gasteiger partial charge in [0, 0.05) is 45.3 Å². The van der Waals surface area contributed by atoms with Gasteiger partial charge in [0.05, 0.1) is 30.2 Å². The number of carbonyl (C=O) groups excluding carboxylic acids is 2. The van der Waals surface area contributed by atoms with E-state index >= 15 is 0 Å². The molecule has 2 amide bonds. The van der Waals surface area contributed by atoms with Gasteiger partial charge in [-0.05, 0) is 43.2 Å². The van der Waals surface area contributed by atoms with Crippen molar-refractivity contribution in [2.24, 2.45) is 17.8 Å². The van der Waals surface area contributed by atoms with Gasteiger partial charge < -0.3 is 24.4 Å². The van der Waals surface area contributed by atoms with Crippen molar-refractivity contribution in [2.45, 2.75) is 58.5 Å². The molecule has 2 aliphatic heterocycles. The monoisotopic (exact) mass is 567 g/mol. The summed E-state index contributed by atoms with van der Waals surface area (Å²) in [4.78, 5) is 36.2. The molecule has 5 rings (SSSR count). The number of fused-ring (bicyclic) bond motifs is 1. The molecule has 3 heterocycles. The van der Waals surface area contributed by atoms with Crippen LogP contribution in [0.25, 0.3) is 11.0 Å². The minimum atomic E-state index is -0.123. The number of benzene rings is 1. The number of rotatable bonds is 9. The average molecular weight is 569 g/mol. The zero-order valence-corrected chi connectivity index (χ0v) is 24.3. The Kier molecular flexibility index (Phi) is 11.3. The van der Waals surface area contributed by atoms with Crippen molar-refractivity contribution in [3.05, 3.63) is 30.1 Å². The van der Waals surface area contributed by atoms with E-state index in [2.05, 4.69) is 29.8 Å². The fraction of sp³-hybridized carbons (Fsp3) is 0.679. The summed E-state index contributed by atoms with van der Waals surface area (Å²) < 4.78 is 7.57. The number of nitrogens with one attached hydrogen (secondary N) is 1. The van der Waals surface area contributed by atoms with Crippen LogP contribution in [0.3, 0.4) is 0 Å². The van der Waals surface area contributed by atoms with Crippen LogP contribution < -0.4 is 5.32 Å². The van der Waals surface area contributed by atoms with Crippen LogP contribution >= 0.6 is 24.8 Å². The Morgan fingerprint density at radius 1 is 1.13 bits per heavy atom. The third-order valence-electron chi connectivity index (χ3n) is 7.80. The highest BCUT2D eigenvalue weighted by molar-refractivity contribution is 5.95. The van der Waals surface area contributed by atoms with Crippen molar-refractivity contribution in [2.75, 3.05) is 45.9 Å². The third kappa shape index (κ3) is 7.20. The van der Waals surface area contributed by atoms with Crippen molar-refractivity contribution in [1.82, 2.24) is 24.7 Å². The van der Waals surface area contributed by atoms with Gasteiger partial charge in [-0.15, -0.1) is 24.8 Å². The van der Waals surface area contributed by atoms with Crippen LogP contribution in [0.5, 0.6) is 0 Å². The molecule has 212 valence electrons. The van der Waals surface area contributed by atoms with Crippen LogP contribution in [-0.4, -0.2) is 83.1 Å². The Morgan fingerprint density at radius 2 is 1.87 bits per heavy atom. The first-order chi connectivity index (χ1) is 17.5. The summed E-state index contributed by atoms with van der Waals surface area (Å²) in [6.45, 7) is 9.62. The summed E-state index contributed by atoms with van der Waals surface area (Å²) in [5.74, 6) is 1.76. The lowest BCUT2D eigenvalue weighted by Crippen LogP contribution is -2.56. The van der Waals surface area contributed by atoms with E-state index in [0.29, 0.717) is 64.1 Å². The van der Waals surface area contributed by atoms with Crippen molar-refractivity contribution in [1.29, 1.82) is 0 Å². The van der Waals surface area contributed by atoms with Crippen LogP contribution in [0.2, 0.25) is 0 Å². The Hall–Kier alpha value is -1.87. The summed E-state index contributed by atoms with van der Waals surface area (Å²) >= 11 is 0. The molecule has 8 nitrogen and oxygen atoms in total. The van der Waals surface area contributed by atoms with E-state index in [1.54, 1.807) is 0 Å². The van der Waals surface area contributed by atoms with E-state index in [0.717, 1.165) is 29.9 Å². The summed E-state index contributed by atoms with van der Waals surface area (Å²) in [7, 11) is 0. The Labute approximate surface area is 238 Å². The van der Waals surface area contributed by atoms with E-state index in [1.165, 1.54) is 19.3 Å². The van der Waals surface area contributed by atoms with Gasteiger partial charge in [0.1, 0.15) is 0 Å². The normalized spacial score (nSPS) is 21.6. The van der Waals surface area contributed by atoms with E-state index < -0.39 is 0 Å². The van der Waals surface area contributed by atoms with Gasteiger partial charge in [-0.3, -0.25) is 9.59 Å². The predicted molar refractivity (Wildman–Crippen MR) is 154 cm³/mol. The highest BCUT2D eigenvalue weighted by Crippen LogP contribution is 2.34. The number of morpholine rings is 1. The average Bonchev–Trinajstić information content (AvgIpc) is 3.66. The molecule has 1 aliphatic carbocycles. The molecule has 2 aromatic rings. The minimum Gasteiger partial charge on any atom is -0.378 e. The fourth-order valence-electron chi connectivity index (χ4n) is 5.72. The number of aryl methyl sites for hydroxylation is 1. The first kappa shape index (κ1) is 30.7. The highest BCUT2D eigenvalue weighted by atomic mass is 35.5. The highest BCUT2D eigenvalue weighted by Gasteiger charge is 2.36. The summed E-state index contributed by atoms with van der Waals surface area (Å²) in [6, 6.07) is 8.03. The first-order valence-corrected chi connectivity index (χ1v) is 13.8. The molecule has 0 spiro atoms. The maximum Gasteiger partial charge on any atom is 0.290 e. The molecule has 38 heavy (non-hydrogen) atoms. The lowest BCUT2D eigenvalue weighted by molar-refractivity contribution is -0.140. The van der Waals surface area contributed by atoms with Crippen molar-refractivity contribution in [3.63, 3.8) is 0 Å². The Balaban J connectivity index is 0.00000200. The molecule has 1 saturated carbocycles. The van der Waals surface area contributed by atoms with Crippen LogP contribution in [0.4, 0.5) is 0 Å². The second-order valence-corrected chi connectivity index (χ2v) is 11.2. The third-order valence-corrected chi connectivity index (χ3v) is 7.80. The first-order valence-electron chi connectivity index (χ1n) is 13.8. The number of para-hydroxylation sites is 2. The van der Waals surface area contributed by atoms with Gasteiger partial charge in [-0.1, -0.05) is 38.8 Å². The number of hydrogen-bond donors (Lipinski definition) is 1. The van der Waals surface area contributed by atoms with E-state index in [9.17, 15) is 9.59 Å². The number of hydrogen-bond acceptors (Lipinski definition) is 5. The molecule has 0 radical (unpaired) electrons. The lowest BCUT2D eigenvalue weighted by Gasteiger charge is -2.40. The number of nitrogens with zero attached hydrogens (tertiary/aromatic N) is 4. The van der Waals surface area contributed by atoms with Gasteiger partial charge in [0.25, 0.3) is 5.91 Å². The molecule has 2 saturated heterocycles. The van der Waals surface area contributed by atoms with Crippen LogP contribution in [0, 0.1) is 17.8 Å². The topological polar surface area (TPSA) is 79.7 Å². The van der Waals surface area contributed by atoms with Gasteiger partial charge >= 0.3 is 0 Å². The van der Waals surface area contributed by atoms with Gasteiger partial charge in [0.2, 0.25) is 5.91 Å². The summed E-state index contributed by atoms with van der Waals surface area (Å²) in [6.07, 6.45) is 5.66.